The van der Waals surface area contributed by atoms with Gasteiger partial charge < -0.3 is 10.1 Å². The number of methoxy groups -OCH3 is 1. The largest absolute Gasteiger partial charge is 0.467 e. The zero-order chi connectivity index (χ0) is 18.5. The maximum absolute atomic E-state index is 13.2. The molecule has 4 saturated carbocycles. The Morgan fingerprint density at radius 3 is 2.31 bits per heavy atom. The molecule has 0 radical (unpaired) electrons. The van der Waals surface area contributed by atoms with Crippen LogP contribution < -0.4 is 5.32 Å². The zero-order valence-electron chi connectivity index (χ0n) is 16.0. The Bertz CT molecular complexity index is 709. The van der Waals surface area contributed by atoms with Crippen molar-refractivity contribution in [3.63, 3.8) is 0 Å². The number of hydrogen-bond acceptors (Lipinski definition) is 3. The minimum Gasteiger partial charge on any atom is -0.467 e. The van der Waals surface area contributed by atoms with Gasteiger partial charge in [-0.25, -0.2) is 4.79 Å². The zero-order valence-corrected chi connectivity index (χ0v) is 16.0. The van der Waals surface area contributed by atoms with Gasteiger partial charge in [0.25, 0.3) is 0 Å². The molecule has 4 fully saturated rings. The second-order valence-electron chi connectivity index (χ2n) is 9.11. The first-order valence-corrected chi connectivity index (χ1v) is 9.82. The van der Waals surface area contributed by atoms with Gasteiger partial charge in [0.2, 0.25) is 5.91 Å². The molecule has 5 rings (SSSR count). The van der Waals surface area contributed by atoms with E-state index in [2.05, 4.69) is 36.5 Å². The van der Waals surface area contributed by atoms with Gasteiger partial charge in [-0.3, -0.25) is 4.79 Å². The standard InChI is InChI=1S/C22H29NO3/c1-14-4-6-18(7-5-14)21-9-16-8-17(10-21)12-22(11-16,13-21)20(25)23-15(2)19(24)26-3/h4-7,15-17H,8-13H2,1-3H3,(H,23,25)/t15-,16-,17+,21?,22?/m1/s1. The van der Waals surface area contributed by atoms with Gasteiger partial charge in [-0.05, 0) is 75.2 Å². The summed E-state index contributed by atoms with van der Waals surface area (Å²) in [4.78, 5) is 25.0. The Balaban J connectivity index is 1.63. The van der Waals surface area contributed by atoms with E-state index in [0.717, 1.165) is 19.3 Å². The van der Waals surface area contributed by atoms with E-state index in [1.165, 1.54) is 37.5 Å². The van der Waals surface area contributed by atoms with E-state index in [0.29, 0.717) is 11.8 Å². The Hall–Kier alpha value is -1.84. The SMILES string of the molecule is COC(=O)[C@@H](C)NC(=O)C12C[C@H]3C[C@@H](C1)CC(c1ccc(C)cc1)(C3)C2. The summed E-state index contributed by atoms with van der Waals surface area (Å²) in [5, 5.41) is 2.95. The van der Waals surface area contributed by atoms with Crippen LogP contribution >= 0.6 is 0 Å². The van der Waals surface area contributed by atoms with Gasteiger partial charge in [0.1, 0.15) is 6.04 Å². The van der Waals surface area contributed by atoms with Crippen LogP contribution in [0.4, 0.5) is 0 Å². The molecule has 4 aliphatic rings. The summed E-state index contributed by atoms with van der Waals surface area (Å²) in [6.07, 6.45) is 6.51. The van der Waals surface area contributed by atoms with E-state index in [4.69, 9.17) is 4.74 Å². The van der Waals surface area contributed by atoms with E-state index in [1.807, 2.05) is 0 Å². The first-order chi connectivity index (χ1) is 12.4. The van der Waals surface area contributed by atoms with E-state index in [1.54, 1.807) is 6.92 Å². The highest BCUT2D eigenvalue weighted by Gasteiger charge is 2.61. The van der Waals surface area contributed by atoms with Gasteiger partial charge >= 0.3 is 5.97 Å². The Labute approximate surface area is 155 Å². The van der Waals surface area contributed by atoms with Crippen LogP contribution in [0.1, 0.15) is 56.6 Å². The molecule has 0 spiro atoms. The molecular weight excluding hydrogens is 326 g/mol. The second-order valence-corrected chi connectivity index (χ2v) is 9.11. The molecule has 5 atom stereocenters. The predicted molar refractivity (Wildman–Crippen MR) is 99.6 cm³/mol. The van der Waals surface area contributed by atoms with E-state index in [9.17, 15) is 9.59 Å². The molecule has 0 aromatic heterocycles. The van der Waals surface area contributed by atoms with Crippen LogP contribution in [0.5, 0.6) is 0 Å². The number of aryl methyl sites for hydroxylation is 1. The van der Waals surface area contributed by atoms with Crippen LogP contribution in [0.3, 0.4) is 0 Å². The Kier molecular flexibility index (Phi) is 4.13. The molecule has 1 aromatic carbocycles. The summed E-state index contributed by atoms with van der Waals surface area (Å²) in [6, 6.07) is 8.34. The number of esters is 1. The number of carbonyl (C=O) groups excluding carboxylic acids is 2. The Morgan fingerprint density at radius 1 is 1.12 bits per heavy atom. The molecular formula is C22H29NO3. The molecule has 4 aliphatic carbocycles. The van der Waals surface area contributed by atoms with Crippen molar-refractivity contribution in [2.75, 3.05) is 7.11 Å². The molecule has 26 heavy (non-hydrogen) atoms. The summed E-state index contributed by atoms with van der Waals surface area (Å²) in [6.45, 7) is 3.83. The van der Waals surface area contributed by atoms with Crippen molar-refractivity contribution in [1.29, 1.82) is 0 Å². The maximum Gasteiger partial charge on any atom is 0.328 e. The first-order valence-electron chi connectivity index (χ1n) is 9.82. The van der Waals surface area contributed by atoms with Gasteiger partial charge in [-0.15, -0.1) is 0 Å². The van der Waals surface area contributed by atoms with Crippen molar-refractivity contribution in [2.45, 2.75) is 63.8 Å². The molecule has 0 saturated heterocycles. The highest BCUT2D eigenvalue weighted by Crippen LogP contribution is 2.65. The fourth-order valence-corrected chi connectivity index (χ4v) is 6.36. The van der Waals surface area contributed by atoms with Gasteiger partial charge in [0.15, 0.2) is 0 Å². The smallest absolute Gasteiger partial charge is 0.328 e. The van der Waals surface area contributed by atoms with Crippen LogP contribution in [0, 0.1) is 24.2 Å². The van der Waals surface area contributed by atoms with Gasteiger partial charge in [0, 0.05) is 0 Å². The highest BCUT2D eigenvalue weighted by molar-refractivity contribution is 5.88. The molecule has 4 bridgehead atoms. The van der Waals surface area contributed by atoms with Gasteiger partial charge in [-0.1, -0.05) is 29.8 Å². The fourth-order valence-electron chi connectivity index (χ4n) is 6.36. The van der Waals surface area contributed by atoms with Crippen LogP contribution in [0.2, 0.25) is 0 Å². The molecule has 0 aliphatic heterocycles. The lowest BCUT2D eigenvalue weighted by molar-refractivity contribution is -0.154. The van der Waals surface area contributed by atoms with Crippen molar-refractivity contribution in [1.82, 2.24) is 5.32 Å². The van der Waals surface area contributed by atoms with Crippen molar-refractivity contribution in [2.24, 2.45) is 17.3 Å². The van der Waals surface area contributed by atoms with Crippen LogP contribution in [-0.4, -0.2) is 25.0 Å². The lowest BCUT2D eigenvalue weighted by Gasteiger charge is -2.61. The Morgan fingerprint density at radius 2 is 1.73 bits per heavy atom. The molecule has 0 heterocycles. The third-order valence-electron chi connectivity index (χ3n) is 7.11. The summed E-state index contributed by atoms with van der Waals surface area (Å²) in [5.74, 6) is 0.922. The lowest BCUT2D eigenvalue weighted by atomic mass is 9.42. The molecule has 1 aromatic rings. The van der Waals surface area contributed by atoms with E-state index < -0.39 is 6.04 Å². The quantitative estimate of drug-likeness (QED) is 0.841. The van der Waals surface area contributed by atoms with Gasteiger partial charge in [-0.2, -0.15) is 0 Å². The van der Waals surface area contributed by atoms with Crippen LogP contribution in [-0.2, 0) is 19.7 Å². The van der Waals surface area contributed by atoms with E-state index in [-0.39, 0.29) is 22.7 Å². The molecule has 140 valence electrons. The maximum atomic E-state index is 13.2. The van der Waals surface area contributed by atoms with Crippen LogP contribution in [0.25, 0.3) is 0 Å². The third-order valence-corrected chi connectivity index (χ3v) is 7.11. The van der Waals surface area contributed by atoms with Crippen molar-refractivity contribution >= 4 is 11.9 Å². The molecule has 1 N–H and O–H groups in total. The van der Waals surface area contributed by atoms with Crippen LogP contribution in [0.15, 0.2) is 24.3 Å². The molecule has 1 amide bonds. The first kappa shape index (κ1) is 17.6. The monoisotopic (exact) mass is 355 g/mol. The van der Waals surface area contributed by atoms with Gasteiger partial charge in [0.05, 0.1) is 12.5 Å². The number of hydrogen-bond donors (Lipinski definition) is 1. The van der Waals surface area contributed by atoms with E-state index >= 15 is 0 Å². The minimum absolute atomic E-state index is 0.0565. The summed E-state index contributed by atoms with van der Waals surface area (Å²) >= 11 is 0. The molecule has 4 nitrogen and oxygen atoms in total. The normalized spacial score (nSPS) is 35.8. The summed E-state index contributed by atoms with van der Waals surface area (Å²) in [7, 11) is 1.36. The second kappa shape index (κ2) is 6.11. The molecule has 4 heteroatoms. The highest BCUT2D eigenvalue weighted by atomic mass is 16.5. The topological polar surface area (TPSA) is 55.4 Å². The number of amides is 1. The lowest BCUT2D eigenvalue weighted by Crippen LogP contribution is -2.60. The molecule has 2 unspecified atom stereocenters. The number of rotatable bonds is 4. The van der Waals surface area contributed by atoms with Crippen molar-refractivity contribution in [3.05, 3.63) is 35.4 Å². The summed E-state index contributed by atoms with van der Waals surface area (Å²) < 4.78 is 4.78. The van der Waals surface area contributed by atoms with Crippen molar-refractivity contribution in [3.8, 4) is 0 Å². The fraction of sp³-hybridized carbons (Fsp3) is 0.636. The number of nitrogens with one attached hydrogen (secondary N) is 1. The predicted octanol–water partition coefficient (Wildman–Crippen LogP) is 3.51. The number of ether oxygens (including phenoxy) is 1. The number of benzene rings is 1. The average Bonchev–Trinajstić information content (AvgIpc) is 2.60. The minimum atomic E-state index is -0.587. The van der Waals surface area contributed by atoms with Crippen molar-refractivity contribution < 1.29 is 14.3 Å². The average molecular weight is 355 g/mol. The number of carbonyl (C=O) groups is 2. The summed E-state index contributed by atoms with van der Waals surface area (Å²) in [5.41, 5.74) is 2.48. The third kappa shape index (κ3) is 2.74.